The van der Waals surface area contributed by atoms with E-state index in [1.807, 2.05) is 24.3 Å². The Balaban J connectivity index is 2.67. The zero-order valence-electron chi connectivity index (χ0n) is 6.74. The fourth-order valence-electron chi connectivity index (χ4n) is 1.13. The Kier molecular flexibility index (Phi) is 1.67. The first kappa shape index (κ1) is 7.10. The van der Waals surface area contributed by atoms with Crippen molar-refractivity contribution in [2.24, 2.45) is 0 Å². The van der Waals surface area contributed by atoms with E-state index >= 15 is 0 Å². The standard InChI is InChI=1S/C10H8NO/c1-12-9-4-5-10-8(7-9)3-2-6-11-10/h2-5,7H,1H3. The molecule has 1 radical (unpaired) electrons. The van der Waals surface area contributed by atoms with Crippen LogP contribution >= 0.6 is 0 Å². The molecule has 0 spiro atoms. The Labute approximate surface area is 70.8 Å². The summed E-state index contributed by atoms with van der Waals surface area (Å²) >= 11 is 0. The van der Waals surface area contributed by atoms with Crippen molar-refractivity contribution in [3.05, 3.63) is 36.5 Å². The van der Waals surface area contributed by atoms with Gasteiger partial charge in [-0.15, -0.1) is 0 Å². The largest absolute Gasteiger partial charge is 0.497 e. The van der Waals surface area contributed by atoms with Crippen molar-refractivity contribution in [1.82, 2.24) is 4.98 Å². The second-order valence-corrected chi connectivity index (χ2v) is 2.50. The molecule has 0 unspecified atom stereocenters. The van der Waals surface area contributed by atoms with Gasteiger partial charge in [0, 0.05) is 5.39 Å². The Hall–Kier alpha value is -1.57. The summed E-state index contributed by atoms with van der Waals surface area (Å²) < 4.78 is 5.08. The molecule has 0 amide bonds. The van der Waals surface area contributed by atoms with Crippen molar-refractivity contribution in [2.45, 2.75) is 0 Å². The van der Waals surface area contributed by atoms with E-state index in [9.17, 15) is 0 Å². The van der Waals surface area contributed by atoms with Crippen molar-refractivity contribution >= 4 is 10.9 Å². The molecule has 0 aliphatic heterocycles. The van der Waals surface area contributed by atoms with Crippen LogP contribution < -0.4 is 4.74 Å². The van der Waals surface area contributed by atoms with Crippen LogP contribution in [0.3, 0.4) is 0 Å². The van der Waals surface area contributed by atoms with E-state index in [-0.39, 0.29) is 0 Å². The molecule has 0 aliphatic carbocycles. The molecule has 12 heavy (non-hydrogen) atoms. The molecule has 0 fully saturated rings. The third-order valence-electron chi connectivity index (χ3n) is 1.76. The minimum absolute atomic E-state index is 0.857. The predicted octanol–water partition coefficient (Wildman–Crippen LogP) is 2.04. The lowest BCUT2D eigenvalue weighted by atomic mass is 10.2. The molecular formula is C10H8NO. The third kappa shape index (κ3) is 1.11. The molecule has 0 N–H and O–H groups in total. The zero-order valence-corrected chi connectivity index (χ0v) is 6.74. The Morgan fingerprint density at radius 3 is 3.08 bits per heavy atom. The molecule has 1 heterocycles. The van der Waals surface area contributed by atoms with Gasteiger partial charge in [0.25, 0.3) is 0 Å². The predicted molar refractivity (Wildman–Crippen MR) is 47.1 cm³/mol. The first-order chi connectivity index (χ1) is 5.90. The topological polar surface area (TPSA) is 22.1 Å². The third-order valence-corrected chi connectivity index (χ3v) is 1.76. The average molecular weight is 158 g/mol. The van der Waals surface area contributed by atoms with Crippen LogP contribution in [-0.4, -0.2) is 12.1 Å². The van der Waals surface area contributed by atoms with Crippen LogP contribution in [0.25, 0.3) is 10.9 Å². The average Bonchev–Trinajstić information content (AvgIpc) is 2.17. The van der Waals surface area contributed by atoms with Crippen LogP contribution in [0, 0.1) is 6.20 Å². The van der Waals surface area contributed by atoms with E-state index in [0.717, 1.165) is 16.7 Å². The van der Waals surface area contributed by atoms with Gasteiger partial charge in [0.1, 0.15) is 5.75 Å². The van der Waals surface area contributed by atoms with E-state index in [4.69, 9.17) is 4.74 Å². The number of hydrogen-bond acceptors (Lipinski definition) is 2. The highest BCUT2D eigenvalue weighted by Crippen LogP contribution is 2.17. The highest BCUT2D eigenvalue weighted by atomic mass is 16.5. The van der Waals surface area contributed by atoms with Gasteiger partial charge in [-0.2, -0.15) is 0 Å². The van der Waals surface area contributed by atoms with Gasteiger partial charge in [0.15, 0.2) is 0 Å². The van der Waals surface area contributed by atoms with Gasteiger partial charge in [-0.05, 0) is 24.3 Å². The van der Waals surface area contributed by atoms with E-state index in [1.165, 1.54) is 0 Å². The minimum Gasteiger partial charge on any atom is -0.497 e. The monoisotopic (exact) mass is 158 g/mol. The summed E-state index contributed by atoms with van der Waals surface area (Å²) in [6.07, 6.45) is 2.78. The van der Waals surface area contributed by atoms with Gasteiger partial charge >= 0.3 is 0 Å². The second kappa shape index (κ2) is 2.81. The van der Waals surface area contributed by atoms with Gasteiger partial charge < -0.3 is 4.74 Å². The summed E-state index contributed by atoms with van der Waals surface area (Å²) in [6.45, 7) is 0. The van der Waals surface area contributed by atoms with Crippen LogP contribution in [0.15, 0.2) is 30.3 Å². The van der Waals surface area contributed by atoms with Gasteiger partial charge in [-0.3, -0.25) is 0 Å². The van der Waals surface area contributed by atoms with E-state index in [0.29, 0.717) is 0 Å². The lowest BCUT2D eigenvalue weighted by molar-refractivity contribution is 0.415. The molecule has 2 heteroatoms. The highest BCUT2D eigenvalue weighted by molar-refractivity contribution is 5.79. The molecule has 59 valence electrons. The molecule has 0 bridgehead atoms. The number of fused-ring (bicyclic) bond motifs is 1. The number of rotatable bonds is 1. The first-order valence-electron chi connectivity index (χ1n) is 3.71. The van der Waals surface area contributed by atoms with Crippen LogP contribution in [0.1, 0.15) is 0 Å². The van der Waals surface area contributed by atoms with E-state index in [1.54, 1.807) is 13.2 Å². The minimum atomic E-state index is 0.857. The fourth-order valence-corrected chi connectivity index (χ4v) is 1.13. The maximum Gasteiger partial charge on any atom is 0.119 e. The number of benzene rings is 1. The summed E-state index contributed by atoms with van der Waals surface area (Å²) in [5.74, 6) is 0.857. The van der Waals surface area contributed by atoms with Gasteiger partial charge in [0.05, 0.1) is 18.8 Å². The molecular weight excluding hydrogens is 150 g/mol. The highest BCUT2D eigenvalue weighted by Gasteiger charge is 1.94. The Morgan fingerprint density at radius 2 is 2.25 bits per heavy atom. The Bertz CT molecular complexity index is 398. The van der Waals surface area contributed by atoms with Crippen LogP contribution in [0.4, 0.5) is 0 Å². The summed E-state index contributed by atoms with van der Waals surface area (Å²) in [4.78, 5) is 4.08. The fraction of sp³-hybridized carbons (Fsp3) is 0.100. The van der Waals surface area contributed by atoms with Gasteiger partial charge in [0.2, 0.25) is 0 Å². The second-order valence-electron chi connectivity index (χ2n) is 2.50. The molecule has 2 nitrogen and oxygen atoms in total. The summed E-state index contributed by atoms with van der Waals surface area (Å²) in [5.41, 5.74) is 0.943. The Morgan fingerprint density at radius 1 is 1.33 bits per heavy atom. The lowest BCUT2D eigenvalue weighted by Gasteiger charge is -2.00. The van der Waals surface area contributed by atoms with Crippen LogP contribution in [-0.2, 0) is 0 Å². The number of aromatic nitrogens is 1. The van der Waals surface area contributed by atoms with E-state index < -0.39 is 0 Å². The maximum atomic E-state index is 5.08. The lowest BCUT2D eigenvalue weighted by Crippen LogP contribution is -1.83. The summed E-state index contributed by atoms with van der Waals surface area (Å²) in [5, 5.41) is 1.08. The smallest absolute Gasteiger partial charge is 0.119 e. The quantitative estimate of drug-likeness (QED) is 0.633. The van der Waals surface area contributed by atoms with Crippen molar-refractivity contribution in [2.75, 3.05) is 7.11 Å². The zero-order chi connectivity index (χ0) is 8.39. The van der Waals surface area contributed by atoms with Crippen LogP contribution in [0.2, 0.25) is 0 Å². The SMILES string of the molecule is COc1ccc2n[c]ccc2c1. The molecule has 0 aliphatic rings. The van der Waals surface area contributed by atoms with Crippen molar-refractivity contribution in [1.29, 1.82) is 0 Å². The molecule has 1 aromatic heterocycles. The summed E-state index contributed by atoms with van der Waals surface area (Å²) in [7, 11) is 1.66. The molecule has 1 aromatic carbocycles. The molecule has 0 saturated heterocycles. The number of hydrogen-bond donors (Lipinski definition) is 0. The van der Waals surface area contributed by atoms with Gasteiger partial charge in [-0.1, -0.05) is 6.07 Å². The molecule has 2 rings (SSSR count). The summed E-state index contributed by atoms with van der Waals surface area (Å²) in [6, 6.07) is 9.52. The van der Waals surface area contributed by atoms with Gasteiger partial charge in [-0.25, -0.2) is 4.98 Å². The number of ether oxygens (including phenoxy) is 1. The first-order valence-corrected chi connectivity index (χ1v) is 3.71. The molecule has 2 aromatic rings. The maximum absolute atomic E-state index is 5.08. The van der Waals surface area contributed by atoms with Crippen LogP contribution in [0.5, 0.6) is 5.75 Å². The van der Waals surface area contributed by atoms with E-state index in [2.05, 4.69) is 11.2 Å². The number of nitrogens with zero attached hydrogens (tertiary/aromatic N) is 1. The number of methoxy groups -OCH3 is 1. The van der Waals surface area contributed by atoms with Crippen molar-refractivity contribution in [3.8, 4) is 5.75 Å². The molecule has 0 saturated carbocycles. The number of pyridine rings is 1. The van der Waals surface area contributed by atoms with Crippen molar-refractivity contribution < 1.29 is 4.74 Å². The van der Waals surface area contributed by atoms with Crippen molar-refractivity contribution in [3.63, 3.8) is 0 Å². The molecule has 0 atom stereocenters. The normalized spacial score (nSPS) is 10.1.